The van der Waals surface area contributed by atoms with Crippen molar-refractivity contribution in [3.63, 3.8) is 0 Å². The fourth-order valence-electron chi connectivity index (χ4n) is 4.61. The molecule has 4 heterocycles. The van der Waals surface area contributed by atoms with Gasteiger partial charge in [0, 0.05) is 69.2 Å². The van der Waals surface area contributed by atoms with Crippen LogP contribution in [0, 0.1) is 11.6 Å². The van der Waals surface area contributed by atoms with Gasteiger partial charge in [0.2, 0.25) is 5.95 Å². The van der Waals surface area contributed by atoms with Gasteiger partial charge < -0.3 is 14.5 Å². The Bertz CT molecular complexity index is 1400. The summed E-state index contributed by atoms with van der Waals surface area (Å²) < 4.78 is 57.3. The zero-order valence-electron chi connectivity index (χ0n) is 19.9. The van der Waals surface area contributed by atoms with E-state index < -0.39 is 38.2 Å². The van der Waals surface area contributed by atoms with E-state index >= 15 is 0 Å². The molecule has 2 aliphatic heterocycles. The van der Waals surface area contributed by atoms with Crippen LogP contribution in [0.1, 0.15) is 19.3 Å². The summed E-state index contributed by atoms with van der Waals surface area (Å²) in [5.74, 6) is -1.81. The van der Waals surface area contributed by atoms with Crippen LogP contribution in [-0.2, 0) is 14.6 Å². The third kappa shape index (κ3) is 5.22. The molecular weight excluding hydrogens is 506 g/mol. The molecule has 2 saturated heterocycles. The highest BCUT2D eigenvalue weighted by Gasteiger charge is 2.39. The molecule has 0 spiro atoms. The topological polar surface area (TPSA) is 118 Å². The number of hydrogen-bond donors (Lipinski definition) is 0. The summed E-state index contributed by atoms with van der Waals surface area (Å²) in [6, 6.07) is 2.96. The zero-order chi connectivity index (χ0) is 26.2. The van der Waals surface area contributed by atoms with Crippen molar-refractivity contribution in [2.45, 2.75) is 36.3 Å². The molecule has 2 aliphatic rings. The predicted octanol–water partition coefficient (Wildman–Crippen LogP) is 2.26. The number of halogens is 2. The number of piperidine rings is 1. The number of hydrogen-bond acceptors (Lipinski definition) is 9. The van der Waals surface area contributed by atoms with Gasteiger partial charge in [0.15, 0.2) is 33.3 Å². The van der Waals surface area contributed by atoms with Crippen molar-refractivity contribution in [1.82, 2.24) is 24.8 Å². The highest BCUT2D eigenvalue weighted by atomic mass is 32.2. The number of likely N-dealkylation sites (tertiary alicyclic amines) is 1. The molecule has 37 heavy (non-hydrogen) atoms. The number of carbonyl (C=O) groups excluding carboxylic acids is 1. The number of nitrogens with zero attached hydrogens (tertiary/aromatic N) is 6. The molecule has 5 rings (SSSR count). The van der Waals surface area contributed by atoms with E-state index in [-0.39, 0.29) is 11.9 Å². The van der Waals surface area contributed by atoms with Crippen LogP contribution in [0.15, 0.2) is 47.9 Å². The van der Waals surface area contributed by atoms with Crippen molar-refractivity contribution < 1.29 is 26.7 Å². The molecule has 1 aromatic carbocycles. The zero-order valence-corrected chi connectivity index (χ0v) is 20.7. The molecule has 0 aliphatic carbocycles. The number of rotatable bonds is 6. The van der Waals surface area contributed by atoms with Gasteiger partial charge >= 0.3 is 0 Å². The molecule has 0 N–H and O–H groups in total. The first kappa shape index (κ1) is 24.9. The van der Waals surface area contributed by atoms with Crippen molar-refractivity contribution in [2.24, 2.45) is 0 Å². The predicted molar refractivity (Wildman–Crippen MR) is 129 cm³/mol. The molecule has 13 heteroatoms. The van der Waals surface area contributed by atoms with Gasteiger partial charge in [0.1, 0.15) is 10.7 Å². The molecule has 194 valence electrons. The van der Waals surface area contributed by atoms with E-state index in [0.717, 1.165) is 11.8 Å². The van der Waals surface area contributed by atoms with Crippen molar-refractivity contribution >= 4 is 21.7 Å². The first-order valence-electron chi connectivity index (χ1n) is 11.7. The smallest absolute Gasteiger partial charge is 0.263 e. The molecule has 1 atom stereocenters. The van der Waals surface area contributed by atoms with Crippen molar-refractivity contribution in [2.75, 3.05) is 30.8 Å². The van der Waals surface area contributed by atoms with Gasteiger partial charge in [-0.25, -0.2) is 37.1 Å². The molecule has 2 fully saturated rings. The average molecular weight is 531 g/mol. The van der Waals surface area contributed by atoms with Crippen LogP contribution in [0.25, 0.3) is 11.4 Å². The standard InChI is InChI=1S/C24H24F2N6O4S/c1-37(34,35)21-12-17(25)20(11-18(21)26)36-19-5-10-32(23(19)33)16-3-8-31(9-4-16)24-29-13-15(14-30-24)22-27-6-2-7-28-22/h2,6-7,11-14,16,19H,3-5,8-10H2,1H3. The number of anilines is 1. The molecule has 1 amide bonds. The van der Waals surface area contributed by atoms with Crippen LogP contribution in [0.4, 0.5) is 14.7 Å². The Kier molecular flexibility index (Phi) is 6.71. The minimum Gasteiger partial charge on any atom is -0.477 e. The van der Waals surface area contributed by atoms with Crippen LogP contribution in [-0.4, -0.2) is 77.2 Å². The van der Waals surface area contributed by atoms with Gasteiger partial charge in [-0.15, -0.1) is 0 Å². The van der Waals surface area contributed by atoms with Crippen molar-refractivity contribution in [3.8, 4) is 17.1 Å². The Morgan fingerprint density at radius 2 is 1.62 bits per heavy atom. The number of amides is 1. The lowest BCUT2D eigenvalue weighted by Gasteiger charge is -2.36. The van der Waals surface area contributed by atoms with E-state index in [4.69, 9.17) is 4.74 Å². The lowest BCUT2D eigenvalue weighted by Crippen LogP contribution is -2.47. The summed E-state index contributed by atoms with van der Waals surface area (Å²) in [6.07, 6.45) is 8.19. The molecular formula is C24H24F2N6O4S. The summed E-state index contributed by atoms with van der Waals surface area (Å²) in [5.41, 5.74) is 0.718. The van der Waals surface area contributed by atoms with Gasteiger partial charge in [-0.2, -0.15) is 0 Å². The van der Waals surface area contributed by atoms with E-state index in [1.165, 1.54) is 0 Å². The van der Waals surface area contributed by atoms with Gasteiger partial charge in [0.25, 0.3) is 5.91 Å². The Morgan fingerprint density at radius 3 is 2.27 bits per heavy atom. The highest BCUT2D eigenvalue weighted by molar-refractivity contribution is 7.90. The minimum absolute atomic E-state index is 0.0245. The van der Waals surface area contributed by atoms with Gasteiger partial charge in [0.05, 0.1) is 5.56 Å². The quantitative estimate of drug-likeness (QED) is 0.473. The number of sulfone groups is 1. The molecule has 3 aromatic rings. The molecule has 0 bridgehead atoms. The van der Waals surface area contributed by atoms with E-state index in [2.05, 4.69) is 19.9 Å². The largest absolute Gasteiger partial charge is 0.477 e. The van der Waals surface area contributed by atoms with Crippen molar-refractivity contribution in [1.29, 1.82) is 0 Å². The maximum Gasteiger partial charge on any atom is 0.263 e. The summed E-state index contributed by atoms with van der Waals surface area (Å²) in [5, 5.41) is 0. The second-order valence-electron chi connectivity index (χ2n) is 8.97. The van der Waals surface area contributed by atoms with Crippen molar-refractivity contribution in [3.05, 3.63) is 54.6 Å². The normalized spacial score (nSPS) is 18.9. The van der Waals surface area contributed by atoms with E-state index in [0.29, 0.717) is 62.8 Å². The lowest BCUT2D eigenvalue weighted by atomic mass is 10.0. The summed E-state index contributed by atoms with van der Waals surface area (Å²) >= 11 is 0. The lowest BCUT2D eigenvalue weighted by molar-refractivity contribution is -0.135. The van der Waals surface area contributed by atoms with Gasteiger partial charge in [-0.1, -0.05) is 0 Å². The second kappa shape index (κ2) is 9.96. The monoisotopic (exact) mass is 530 g/mol. The van der Waals surface area contributed by atoms with Crippen LogP contribution >= 0.6 is 0 Å². The first-order valence-corrected chi connectivity index (χ1v) is 13.6. The van der Waals surface area contributed by atoms with E-state index in [1.807, 2.05) is 4.90 Å². The number of carbonyl (C=O) groups is 1. The number of aromatic nitrogens is 4. The Hall–Kier alpha value is -3.74. The molecule has 2 aromatic heterocycles. The minimum atomic E-state index is -3.94. The third-order valence-corrected chi connectivity index (χ3v) is 7.61. The van der Waals surface area contributed by atoms with E-state index in [9.17, 15) is 22.0 Å². The molecule has 0 radical (unpaired) electrons. The number of benzene rings is 1. The first-order chi connectivity index (χ1) is 17.7. The summed E-state index contributed by atoms with van der Waals surface area (Å²) in [7, 11) is -3.94. The number of ether oxygens (including phenoxy) is 1. The summed E-state index contributed by atoms with van der Waals surface area (Å²) in [6.45, 7) is 1.73. The Morgan fingerprint density at radius 1 is 0.946 bits per heavy atom. The van der Waals surface area contributed by atoms with Gasteiger partial charge in [-0.05, 0) is 25.0 Å². The fourth-order valence-corrected chi connectivity index (χ4v) is 5.34. The van der Waals surface area contributed by atoms with Crippen LogP contribution < -0.4 is 9.64 Å². The molecule has 0 saturated carbocycles. The SMILES string of the molecule is CS(=O)(=O)c1cc(F)c(OC2CCN(C3CCN(c4ncc(-c5ncccn5)cn4)CC3)C2=O)cc1F. The third-order valence-electron chi connectivity index (χ3n) is 6.50. The maximum atomic E-state index is 14.4. The Balaban J connectivity index is 1.19. The highest BCUT2D eigenvalue weighted by Crippen LogP contribution is 2.30. The molecule has 1 unspecified atom stereocenters. The van der Waals surface area contributed by atoms with Crippen LogP contribution in [0.5, 0.6) is 5.75 Å². The van der Waals surface area contributed by atoms with E-state index in [1.54, 1.807) is 35.8 Å². The molecule has 10 nitrogen and oxygen atoms in total. The second-order valence-corrected chi connectivity index (χ2v) is 11.0. The Labute approximate surface area is 212 Å². The van der Waals surface area contributed by atoms with Crippen LogP contribution in [0.2, 0.25) is 0 Å². The van der Waals surface area contributed by atoms with Crippen LogP contribution in [0.3, 0.4) is 0 Å². The average Bonchev–Trinajstić information content (AvgIpc) is 3.26. The fraction of sp³-hybridized carbons (Fsp3) is 0.375. The van der Waals surface area contributed by atoms with Gasteiger partial charge in [-0.3, -0.25) is 4.79 Å². The summed E-state index contributed by atoms with van der Waals surface area (Å²) in [4.78, 5) is 33.3. The maximum absolute atomic E-state index is 14.4.